The molecule has 0 fully saturated rings. The van der Waals surface area contributed by atoms with Crippen molar-refractivity contribution in [2.75, 3.05) is 18.2 Å². The second-order valence-electron chi connectivity index (χ2n) is 7.26. The van der Waals surface area contributed by atoms with Gasteiger partial charge in [0.1, 0.15) is 17.0 Å². The first-order valence-electron chi connectivity index (χ1n) is 10.5. The molecule has 0 aliphatic rings. The number of nitrogens with zero attached hydrogens (tertiary/aromatic N) is 2. The van der Waals surface area contributed by atoms with Gasteiger partial charge in [-0.25, -0.2) is 16.0 Å². The van der Waals surface area contributed by atoms with Gasteiger partial charge in [0.2, 0.25) is 0 Å². The van der Waals surface area contributed by atoms with Crippen molar-refractivity contribution in [2.24, 2.45) is 0 Å². The van der Waals surface area contributed by atoms with E-state index < -0.39 is 11.7 Å². The number of benzene rings is 2. The summed E-state index contributed by atoms with van der Waals surface area (Å²) in [6.07, 6.45) is -1.17. The molecule has 2 N–H and O–H groups in total. The summed E-state index contributed by atoms with van der Waals surface area (Å²) in [4.78, 5) is 0. The van der Waals surface area contributed by atoms with E-state index in [-0.39, 0.29) is 22.7 Å². The largest absolute Gasteiger partial charge is 0.454 e. The van der Waals surface area contributed by atoms with Crippen molar-refractivity contribution in [3.8, 4) is 17.6 Å². The summed E-state index contributed by atoms with van der Waals surface area (Å²) in [5.74, 6) is -0.0764. The highest BCUT2D eigenvalue weighted by Crippen LogP contribution is 2.44. The molecule has 0 amide bonds. The third-order valence-electron chi connectivity index (χ3n) is 4.59. The van der Waals surface area contributed by atoms with Crippen molar-refractivity contribution in [1.29, 1.82) is 5.26 Å². The fourth-order valence-corrected chi connectivity index (χ4v) is 2.85. The van der Waals surface area contributed by atoms with Crippen LogP contribution in [0.5, 0.6) is 11.5 Å². The minimum Gasteiger partial charge on any atom is -0.454 e. The topological polar surface area (TPSA) is 60.3 Å². The van der Waals surface area contributed by atoms with Gasteiger partial charge in [-0.15, -0.1) is 0 Å². The van der Waals surface area contributed by atoms with Gasteiger partial charge in [0, 0.05) is 13.1 Å². The predicted molar refractivity (Wildman–Crippen MR) is 116 cm³/mol. The molecule has 0 spiro atoms. The fourth-order valence-electron chi connectivity index (χ4n) is 2.85. The van der Waals surface area contributed by atoms with Gasteiger partial charge < -0.3 is 4.74 Å². The highest BCUT2D eigenvalue weighted by atomic mass is 19.4. The van der Waals surface area contributed by atoms with Crippen LogP contribution in [-0.4, -0.2) is 13.1 Å². The molecule has 0 atom stereocenters. The monoisotopic (exact) mass is 434 g/mol. The quantitative estimate of drug-likeness (QED) is 0.331. The molecule has 0 saturated carbocycles. The number of nitrogens with one attached hydrogen (secondary N) is 2. The van der Waals surface area contributed by atoms with Crippen LogP contribution in [0.15, 0.2) is 36.4 Å². The summed E-state index contributed by atoms with van der Waals surface area (Å²) in [5.41, 5.74) is 6.23. The van der Waals surface area contributed by atoms with Crippen molar-refractivity contribution in [2.45, 2.75) is 52.6 Å². The molecule has 2 aromatic rings. The van der Waals surface area contributed by atoms with Crippen LogP contribution in [0, 0.1) is 18.3 Å². The van der Waals surface area contributed by atoms with E-state index in [9.17, 15) is 18.4 Å². The van der Waals surface area contributed by atoms with Gasteiger partial charge in [-0.05, 0) is 44.0 Å². The number of ether oxygens (including phenoxy) is 1. The summed E-state index contributed by atoms with van der Waals surface area (Å²) in [6, 6.07) is 10.8. The molecule has 31 heavy (non-hydrogen) atoms. The maximum atomic E-state index is 13.9. The highest BCUT2D eigenvalue weighted by molar-refractivity contribution is 5.66. The first-order chi connectivity index (χ1) is 14.8. The second kappa shape index (κ2) is 11.6. The summed E-state index contributed by atoms with van der Waals surface area (Å²) in [6.45, 7) is 7.05. The lowest BCUT2D eigenvalue weighted by Gasteiger charge is -2.29. The SMILES string of the molecule is CCCCNN(NCCCC)c1cc(C#N)cc(C(F)(F)F)c1Oc1ccc(C)cc1. The Hall–Kier alpha value is -2.76. The molecule has 0 saturated heterocycles. The third-order valence-corrected chi connectivity index (χ3v) is 4.59. The summed E-state index contributed by atoms with van der Waals surface area (Å²) in [7, 11) is 0. The lowest BCUT2D eigenvalue weighted by atomic mass is 10.1. The van der Waals surface area contributed by atoms with E-state index in [1.54, 1.807) is 24.3 Å². The van der Waals surface area contributed by atoms with E-state index in [0.717, 1.165) is 37.3 Å². The molecule has 0 aliphatic heterocycles. The molecule has 168 valence electrons. The van der Waals surface area contributed by atoms with Gasteiger partial charge in [0.25, 0.3) is 0 Å². The van der Waals surface area contributed by atoms with Gasteiger partial charge in [0.15, 0.2) is 5.75 Å². The van der Waals surface area contributed by atoms with E-state index in [4.69, 9.17) is 4.74 Å². The number of unbranched alkanes of at least 4 members (excludes halogenated alkanes) is 2. The van der Waals surface area contributed by atoms with Crippen molar-refractivity contribution < 1.29 is 17.9 Å². The Morgan fingerprint density at radius 1 is 1.00 bits per heavy atom. The lowest BCUT2D eigenvalue weighted by molar-refractivity contribution is -0.138. The standard InChI is InChI=1S/C23H29F3N4O/c1-4-6-12-28-30(29-13-7-5-2)21-15-18(16-27)14-20(23(24,25)26)22(21)31-19-10-8-17(3)9-11-19/h8-11,14-15,28-29H,4-7,12-13H2,1-3H3. The predicted octanol–water partition coefficient (Wildman–Crippen LogP) is 6.09. The average molecular weight is 435 g/mol. The Morgan fingerprint density at radius 3 is 2.06 bits per heavy atom. The number of halogens is 3. The van der Waals surface area contributed by atoms with Crippen LogP contribution in [0.2, 0.25) is 0 Å². The summed E-state index contributed by atoms with van der Waals surface area (Å²) < 4.78 is 47.6. The number of hydrogen-bond donors (Lipinski definition) is 2. The van der Waals surface area contributed by atoms with Gasteiger partial charge >= 0.3 is 6.18 Å². The Balaban J connectivity index is 2.58. The zero-order valence-electron chi connectivity index (χ0n) is 18.1. The molecular formula is C23H29F3N4O. The van der Waals surface area contributed by atoms with Crippen LogP contribution < -0.4 is 20.7 Å². The van der Waals surface area contributed by atoms with Gasteiger partial charge in [0.05, 0.1) is 11.6 Å². The summed E-state index contributed by atoms with van der Waals surface area (Å²) in [5, 5.41) is 10.8. The van der Waals surface area contributed by atoms with E-state index in [2.05, 4.69) is 10.9 Å². The Bertz CT molecular complexity index is 866. The maximum Gasteiger partial charge on any atom is 0.420 e. The van der Waals surface area contributed by atoms with Crippen molar-refractivity contribution in [3.05, 3.63) is 53.1 Å². The molecule has 0 heterocycles. The van der Waals surface area contributed by atoms with Crippen LogP contribution in [0.4, 0.5) is 18.9 Å². The molecule has 2 rings (SSSR count). The second-order valence-corrected chi connectivity index (χ2v) is 7.26. The Kier molecular flexibility index (Phi) is 9.16. The first-order valence-corrected chi connectivity index (χ1v) is 10.5. The van der Waals surface area contributed by atoms with Crippen molar-refractivity contribution in [1.82, 2.24) is 10.9 Å². The normalized spacial score (nSPS) is 11.3. The Morgan fingerprint density at radius 2 is 1.58 bits per heavy atom. The molecule has 0 radical (unpaired) electrons. The maximum absolute atomic E-state index is 13.9. The number of rotatable bonds is 11. The number of anilines is 1. The van der Waals surface area contributed by atoms with Crippen LogP contribution in [0.3, 0.4) is 0 Å². The number of hydrogen-bond acceptors (Lipinski definition) is 5. The lowest BCUT2D eigenvalue weighted by Crippen LogP contribution is -2.49. The Labute approximate surface area is 181 Å². The molecule has 0 aromatic heterocycles. The zero-order chi connectivity index (χ0) is 22.9. The molecule has 2 aromatic carbocycles. The first kappa shape index (κ1) is 24.5. The minimum atomic E-state index is -4.69. The third kappa shape index (κ3) is 7.16. The average Bonchev–Trinajstić information content (AvgIpc) is 2.74. The molecular weight excluding hydrogens is 405 g/mol. The number of alkyl halides is 3. The minimum absolute atomic E-state index is 0.0989. The smallest absolute Gasteiger partial charge is 0.420 e. The van der Waals surface area contributed by atoms with Crippen LogP contribution in [-0.2, 0) is 6.18 Å². The van der Waals surface area contributed by atoms with Crippen molar-refractivity contribution >= 4 is 5.69 Å². The van der Waals surface area contributed by atoms with Crippen LogP contribution in [0.25, 0.3) is 0 Å². The van der Waals surface area contributed by atoms with Crippen molar-refractivity contribution in [3.63, 3.8) is 0 Å². The van der Waals surface area contributed by atoms with E-state index in [0.29, 0.717) is 13.1 Å². The van der Waals surface area contributed by atoms with Crippen LogP contribution in [0.1, 0.15) is 56.2 Å². The highest BCUT2D eigenvalue weighted by Gasteiger charge is 2.37. The van der Waals surface area contributed by atoms with Gasteiger partial charge in [-0.2, -0.15) is 18.4 Å². The number of nitriles is 1. The van der Waals surface area contributed by atoms with Crippen LogP contribution >= 0.6 is 0 Å². The number of aryl methyl sites for hydroxylation is 1. The summed E-state index contributed by atoms with van der Waals surface area (Å²) >= 11 is 0. The molecule has 8 heteroatoms. The fraction of sp³-hybridized carbons (Fsp3) is 0.435. The molecule has 0 unspecified atom stereocenters. The number of hydrazine groups is 2. The van der Waals surface area contributed by atoms with Gasteiger partial charge in [-0.1, -0.05) is 44.4 Å². The van der Waals surface area contributed by atoms with E-state index in [1.807, 2.05) is 26.8 Å². The van der Waals surface area contributed by atoms with Gasteiger partial charge in [-0.3, -0.25) is 0 Å². The molecule has 5 nitrogen and oxygen atoms in total. The van der Waals surface area contributed by atoms with E-state index in [1.165, 1.54) is 11.2 Å². The van der Waals surface area contributed by atoms with E-state index >= 15 is 0 Å². The molecule has 0 bridgehead atoms. The molecule has 0 aliphatic carbocycles. The zero-order valence-corrected chi connectivity index (χ0v) is 18.1.